The van der Waals surface area contributed by atoms with Crippen molar-refractivity contribution < 1.29 is 9.84 Å². The molecule has 0 saturated carbocycles. The summed E-state index contributed by atoms with van der Waals surface area (Å²) in [4.78, 5) is 0. The number of allylic oxidation sites excluding steroid dienone is 1. The van der Waals surface area contributed by atoms with E-state index in [1.807, 2.05) is 0 Å². The van der Waals surface area contributed by atoms with Gasteiger partial charge in [0.2, 0.25) is 0 Å². The molecule has 2 N–H and O–H groups in total. The summed E-state index contributed by atoms with van der Waals surface area (Å²) in [6.45, 7) is 14.0. The Balaban J connectivity index is 3.66. The molecule has 0 bridgehead atoms. The zero-order valence-electron chi connectivity index (χ0n) is 14.0. The van der Waals surface area contributed by atoms with Crippen LogP contribution in [0.5, 0.6) is 0 Å². The standard InChI is InChI=1S/C17H35NO2/c1-6-16(13-20-12-11-15(4)5)18-17(19)10-8-7-9-14(2)3/h15-19H,2,6-13H2,1,3-5H3/t16-,17?/m0/s1. The molecule has 0 fully saturated rings. The van der Waals surface area contributed by atoms with Crippen LogP contribution < -0.4 is 5.32 Å². The van der Waals surface area contributed by atoms with Gasteiger partial charge in [0.25, 0.3) is 0 Å². The third kappa shape index (κ3) is 12.6. The first-order valence-electron chi connectivity index (χ1n) is 8.11. The summed E-state index contributed by atoms with van der Waals surface area (Å²) in [7, 11) is 0. The molecule has 20 heavy (non-hydrogen) atoms. The summed E-state index contributed by atoms with van der Waals surface area (Å²) in [5, 5.41) is 13.2. The lowest BCUT2D eigenvalue weighted by Gasteiger charge is -2.21. The second-order valence-electron chi connectivity index (χ2n) is 6.25. The highest BCUT2D eigenvalue weighted by Crippen LogP contribution is 2.08. The van der Waals surface area contributed by atoms with Gasteiger partial charge in [0, 0.05) is 12.6 Å². The number of ether oxygens (including phenoxy) is 1. The predicted octanol–water partition coefficient (Wildman–Crippen LogP) is 3.87. The van der Waals surface area contributed by atoms with Crippen molar-refractivity contribution in [2.75, 3.05) is 13.2 Å². The molecule has 0 rings (SSSR count). The number of hydrogen-bond donors (Lipinski definition) is 2. The summed E-state index contributed by atoms with van der Waals surface area (Å²) >= 11 is 0. The Morgan fingerprint density at radius 1 is 1.25 bits per heavy atom. The van der Waals surface area contributed by atoms with Gasteiger partial charge in [-0.05, 0) is 51.4 Å². The Morgan fingerprint density at radius 3 is 2.50 bits per heavy atom. The molecular weight excluding hydrogens is 250 g/mol. The summed E-state index contributed by atoms with van der Waals surface area (Å²) < 4.78 is 5.67. The summed E-state index contributed by atoms with van der Waals surface area (Å²) in [5.74, 6) is 0.682. The van der Waals surface area contributed by atoms with E-state index in [0.29, 0.717) is 12.5 Å². The first-order chi connectivity index (χ1) is 9.45. The van der Waals surface area contributed by atoms with Crippen LogP contribution in [0.4, 0.5) is 0 Å². The molecule has 0 aliphatic carbocycles. The second-order valence-corrected chi connectivity index (χ2v) is 6.25. The van der Waals surface area contributed by atoms with Crippen LogP contribution in [0.25, 0.3) is 0 Å². The zero-order chi connectivity index (χ0) is 15.4. The molecule has 3 heteroatoms. The minimum Gasteiger partial charge on any atom is -0.380 e. The molecule has 0 saturated heterocycles. The number of rotatable bonds is 13. The van der Waals surface area contributed by atoms with Crippen molar-refractivity contribution >= 4 is 0 Å². The molecule has 0 aromatic rings. The van der Waals surface area contributed by atoms with Crippen LogP contribution in [0.2, 0.25) is 0 Å². The highest BCUT2D eigenvalue weighted by molar-refractivity contribution is 4.87. The van der Waals surface area contributed by atoms with E-state index in [1.165, 1.54) is 5.57 Å². The molecule has 0 heterocycles. The van der Waals surface area contributed by atoms with Crippen LogP contribution in [0.3, 0.4) is 0 Å². The van der Waals surface area contributed by atoms with Gasteiger partial charge in [0.1, 0.15) is 6.23 Å². The summed E-state index contributed by atoms with van der Waals surface area (Å²) in [5.41, 5.74) is 1.22. The molecule has 0 aliphatic rings. The fourth-order valence-corrected chi connectivity index (χ4v) is 1.95. The maximum absolute atomic E-state index is 9.97. The Morgan fingerprint density at radius 2 is 1.95 bits per heavy atom. The van der Waals surface area contributed by atoms with Gasteiger partial charge in [0.15, 0.2) is 0 Å². The van der Waals surface area contributed by atoms with E-state index in [9.17, 15) is 5.11 Å². The van der Waals surface area contributed by atoms with Gasteiger partial charge in [-0.15, -0.1) is 6.58 Å². The highest BCUT2D eigenvalue weighted by atomic mass is 16.5. The fourth-order valence-electron chi connectivity index (χ4n) is 1.95. The van der Waals surface area contributed by atoms with E-state index in [0.717, 1.165) is 45.1 Å². The van der Waals surface area contributed by atoms with Crippen molar-refractivity contribution in [2.45, 2.75) is 78.5 Å². The smallest absolute Gasteiger partial charge is 0.105 e. The number of hydrogen-bond acceptors (Lipinski definition) is 3. The lowest BCUT2D eigenvalue weighted by Crippen LogP contribution is -2.40. The van der Waals surface area contributed by atoms with E-state index in [4.69, 9.17) is 4.74 Å². The van der Waals surface area contributed by atoms with E-state index >= 15 is 0 Å². The van der Waals surface area contributed by atoms with E-state index in [2.05, 4.69) is 39.6 Å². The van der Waals surface area contributed by atoms with Crippen molar-refractivity contribution in [3.63, 3.8) is 0 Å². The monoisotopic (exact) mass is 285 g/mol. The topological polar surface area (TPSA) is 41.5 Å². The van der Waals surface area contributed by atoms with Crippen molar-refractivity contribution in [1.82, 2.24) is 5.32 Å². The fraction of sp³-hybridized carbons (Fsp3) is 0.882. The van der Waals surface area contributed by atoms with Crippen LogP contribution in [-0.2, 0) is 4.74 Å². The average Bonchev–Trinajstić information content (AvgIpc) is 2.37. The minimum atomic E-state index is -0.418. The number of nitrogens with one attached hydrogen (secondary N) is 1. The Hall–Kier alpha value is -0.380. The first-order valence-corrected chi connectivity index (χ1v) is 8.11. The quantitative estimate of drug-likeness (QED) is 0.307. The Labute approximate surface area is 125 Å². The van der Waals surface area contributed by atoms with Crippen LogP contribution in [0, 0.1) is 5.92 Å². The van der Waals surface area contributed by atoms with Crippen LogP contribution >= 0.6 is 0 Å². The van der Waals surface area contributed by atoms with Gasteiger partial charge in [0.05, 0.1) is 6.61 Å². The molecule has 120 valence electrons. The molecule has 3 nitrogen and oxygen atoms in total. The van der Waals surface area contributed by atoms with Gasteiger partial charge in [-0.3, -0.25) is 5.32 Å². The van der Waals surface area contributed by atoms with E-state index < -0.39 is 6.23 Å². The summed E-state index contributed by atoms with van der Waals surface area (Å²) in [6, 6.07) is 0.248. The van der Waals surface area contributed by atoms with Crippen molar-refractivity contribution in [1.29, 1.82) is 0 Å². The summed E-state index contributed by atoms with van der Waals surface area (Å²) in [6.07, 6.45) is 5.66. The molecule has 0 aliphatic heterocycles. The number of aliphatic hydroxyl groups is 1. The SMILES string of the molecule is C=C(C)CCCCC(O)N[C@@H](CC)COCCC(C)C. The lowest BCUT2D eigenvalue weighted by atomic mass is 10.1. The van der Waals surface area contributed by atoms with Crippen molar-refractivity contribution in [3.05, 3.63) is 12.2 Å². The molecule has 0 aromatic carbocycles. The van der Waals surface area contributed by atoms with Gasteiger partial charge >= 0.3 is 0 Å². The molecule has 2 atom stereocenters. The maximum atomic E-state index is 9.97. The second kappa shape index (κ2) is 12.4. The molecule has 0 amide bonds. The average molecular weight is 285 g/mol. The maximum Gasteiger partial charge on any atom is 0.105 e. The zero-order valence-corrected chi connectivity index (χ0v) is 14.0. The number of unbranched alkanes of at least 4 members (excludes halogenated alkanes) is 1. The van der Waals surface area contributed by atoms with Gasteiger partial charge < -0.3 is 9.84 Å². The Bertz CT molecular complexity index is 241. The normalized spacial score (nSPS) is 14.5. The van der Waals surface area contributed by atoms with Crippen molar-refractivity contribution in [2.24, 2.45) is 5.92 Å². The molecule has 0 aromatic heterocycles. The largest absolute Gasteiger partial charge is 0.380 e. The molecular formula is C17H35NO2. The Kier molecular flexibility index (Phi) is 12.1. The van der Waals surface area contributed by atoms with Gasteiger partial charge in [-0.2, -0.15) is 0 Å². The number of aliphatic hydroxyl groups excluding tert-OH is 1. The third-order valence-electron chi connectivity index (χ3n) is 3.41. The van der Waals surface area contributed by atoms with Crippen LogP contribution in [-0.4, -0.2) is 30.6 Å². The van der Waals surface area contributed by atoms with E-state index in [-0.39, 0.29) is 6.04 Å². The minimum absolute atomic E-state index is 0.248. The highest BCUT2D eigenvalue weighted by Gasteiger charge is 2.11. The van der Waals surface area contributed by atoms with Crippen LogP contribution in [0.15, 0.2) is 12.2 Å². The van der Waals surface area contributed by atoms with Gasteiger partial charge in [-0.1, -0.05) is 26.3 Å². The van der Waals surface area contributed by atoms with Gasteiger partial charge in [-0.25, -0.2) is 0 Å². The molecule has 0 radical (unpaired) electrons. The molecule has 0 spiro atoms. The van der Waals surface area contributed by atoms with Crippen molar-refractivity contribution in [3.8, 4) is 0 Å². The third-order valence-corrected chi connectivity index (χ3v) is 3.41. The lowest BCUT2D eigenvalue weighted by molar-refractivity contribution is 0.0598. The molecule has 1 unspecified atom stereocenters. The van der Waals surface area contributed by atoms with E-state index in [1.54, 1.807) is 0 Å². The first kappa shape index (κ1) is 19.6. The van der Waals surface area contributed by atoms with Crippen LogP contribution in [0.1, 0.15) is 66.2 Å². The predicted molar refractivity (Wildman–Crippen MR) is 86.8 cm³/mol.